The average molecular weight is 308 g/mol. The molecule has 0 spiro atoms. The second kappa shape index (κ2) is 6.23. The van der Waals surface area contributed by atoms with Crippen molar-refractivity contribution in [1.82, 2.24) is 15.2 Å². The Kier molecular flexibility index (Phi) is 4.52. The lowest BCUT2D eigenvalue weighted by Crippen LogP contribution is -2.36. The molecule has 2 unspecified atom stereocenters. The van der Waals surface area contributed by atoms with Crippen LogP contribution in [0.5, 0.6) is 0 Å². The summed E-state index contributed by atoms with van der Waals surface area (Å²) in [5, 5.41) is 4.53. The Hall–Kier alpha value is -0.650. The molecule has 0 aliphatic carbocycles. The van der Waals surface area contributed by atoms with Crippen LogP contribution in [0.15, 0.2) is 0 Å². The van der Waals surface area contributed by atoms with E-state index in [1.165, 1.54) is 35.0 Å². The van der Waals surface area contributed by atoms with E-state index in [0.717, 1.165) is 31.7 Å². The number of fused-ring (bicyclic) bond motifs is 2. The molecule has 1 N–H and O–H groups in total. The van der Waals surface area contributed by atoms with Crippen LogP contribution in [0.2, 0.25) is 0 Å². The molecule has 0 radical (unpaired) electrons. The first kappa shape index (κ1) is 15.3. The Morgan fingerprint density at radius 2 is 2.05 bits per heavy atom. The van der Waals surface area contributed by atoms with Gasteiger partial charge in [0.25, 0.3) is 0 Å². The summed E-state index contributed by atoms with van der Waals surface area (Å²) in [6.07, 6.45) is 4.02. The predicted octanol–water partition coefficient (Wildman–Crippen LogP) is 2.66. The Bertz CT molecular complexity index is 485. The predicted molar refractivity (Wildman–Crippen MR) is 90.4 cm³/mol. The first-order chi connectivity index (χ1) is 10.1. The third-order valence-electron chi connectivity index (χ3n) is 5.02. The van der Waals surface area contributed by atoms with Gasteiger partial charge in [0.2, 0.25) is 0 Å². The molecular weight excluding hydrogens is 280 g/mol. The van der Waals surface area contributed by atoms with E-state index in [1.807, 2.05) is 18.4 Å². The minimum atomic E-state index is 0.504. The fourth-order valence-corrected chi connectivity index (χ4v) is 4.97. The van der Waals surface area contributed by atoms with Gasteiger partial charge in [0.1, 0.15) is 0 Å². The number of likely N-dealkylation sites (N-methyl/N-ethyl adjacent to an activating group) is 1. The molecule has 21 heavy (non-hydrogen) atoms. The topological polar surface area (TPSA) is 31.4 Å². The van der Waals surface area contributed by atoms with Crippen molar-refractivity contribution in [1.29, 1.82) is 0 Å². The van der Waals surface area contributed by atoms with Crippen LogP contribution in [0.4, 0.5) is 5.13 Å². The van der Waals surface area contributed by atoms with Crippen molar-refractivity contribution in [2.45, 2.75) is 57.7 Å². The lowest BCUT2D eigenvalue weighted by molar-refractivity contribution is 0.254. The molecule has 2 atom stereocenters. The number of aromatic nitrogens is 1. The van der Waals surface area contributed by atoms with E-state index in [0.29, 0.717) is 5.92 Å². The largest absolute Gasteiger partial charge is 0.346 e. The summed E-state index contributed by atoms with van der Waals surface area (Å²) >= 11 is 1.89. The molecule has 0 aromatic carbocycles. The molecular formula is C16H28N4S. The van der Waals surface area contributed by atoms with Crippen molar-refractivity contribution in [2.24, 2.45) is 0 Å². The molecule has 3 rings (SSSR count). The average Bonchev–Trinajstić information content (AvgIpc) is 2.93. The molecule has 4 nitrogen and oxygen atoms in total. The third kappa shape index (κ3) is 2.96. The fourth-order valence-electron chi connectivity index (χ4n) is 3.71. The first-order valence-electron chi connectivity index (χ1n) is 8.21. The highest BCUT2D eigenvalue weighted by Crippen LogP contribution is 2.35. The Morgan fingerprint density at radius 1 is 1.29 bits per heavy atom. The van der Waals surface area contributed by atoms with Gasteiger partial charge >= 0.3 is 0 Å². The Morgan fingerprint density at radius 3 is 2.76 bits per heavy atom. The maximum absolute atomic E-state index is 4.99. The maximum Gasteiger partial charge on any atom is 0.185 e. The van der Waals surface area contributed by atoms with Gasteiger partial charge in [-0.1, -0.05) is 13.8 Å². The molecule has 5 heteroatoms. The number of nitrogens with one attached hydrogen (secondary N) is 1. The van der Waals surface area contributed by atoms with Crippen molar-refractivity contribution in [3.05, 3.63) is 10.6 Å². The summed E-state index contributed by atoms with van der Waals surface area (Å²) in [6, 6.07) is 1.51. The summed E-state index contributed by atoms with van der Waals surface area (Å²) in [7, 11) is 4.32. The quantitative estimate of drug-likeness (QED) is 0.926. The van der Waals surface area contributed by atoms with Gasteiger partial charge in [-0.2, -0.15) is 0 Å². The monoisotopic (exact) mass is 308 g/mol. The van der Waals surface area contributed by atoms with Gasteiger partial charge in [-0.15, -0.1) is 11.3 Å². The zero-order valence-corrected chi connectivity index (χ0v) is 14.5. The van der Waals surface area contributed by atoms with Crippen LogP contribution in [0.1, 0.15) is 49.6 Å². The minimum absolute atomic E-state index is 0.504. The Labute approximate surface area is 132 Å². The smallest absolute Gasteiger partial charge is 0.185 e. The van der Waals surface area contributed by atoms with Gasteiger partial charge in [-0.05, 0) is 39.3 Å². The highest BCUT2D eigenvalue weighted by molar-refractivity contribution is 7.15. The van der Waals surface area contributed by atoms with E-state index in [-0.39, 0.29) is 0 Å². The normalized spacial score (nSPS) is 26.6. The van der Waals surface area contributed by atoms with E-state index in [9.17, 15) is 0 Å². The van der Waals surface area contributed by atoms with Crippen molar-refractivity contribution >= 4 is 16.5 Å². The molecule has 0 saturated carbocycles. The molecule has 2 bridgehead atoms. The van der Waals surface area contributed by atoms with Crippen LogP contribution in [-0.2, 0) is 6.54 Å². The van der Waals surface area contributed by atoms with Crippen molar-refractivity contribution in [3.8, 4) is 0 Å². The molecule has 1 aromatic rings. The highest BCUT2D eigenvalue weighted by atomic mass is 32.1. The van der Waals surface area contributed by atoms with Crippen molar-refractivity contribution in [2.75, 3.05) is 32.1 Å². The minimum Gasteiger partial charge on any atom is -0.346 e. The summed E-state index contributed by atoms with van der Waals surface area (Å²) in [4.78, 5) is 11.5. The molecule has 2 saturated heterocycles. The van der Waals surface area contributed by atoms with Crippen molar-refractivity contribution in [3.63, 3.8) is 0 Å². The number of thiazole rings is 1. The SMILES string of the molecule is CNCc1sc(N2CCC3CCC(C2)N3C)nc1C(C)C. The van der Waals surface area contributed by atoms with Crippen LogP contribution >= 0.6 is 11.3 Å². The summed E-state index contributed by atoms with van der Waals surface area (Å²) in [5.74, 6) is 0.504. The second-order valence-electron chi connectivity index (χ2n) is 6.78. The van der Waals surface area contributed by atoms with Gasteiger partial charge in [0.05, 0.1) is 5.69 Å². The second-order valence-corrected chi connectivity index (χ2v) is 7.84. The standard InChI is InChI=1S/C16H28N4S/c1-11(2)15-14(9-17-3)21-16(18-15)20-8-7-12-5-6-13(10-20)19(12)4/h11-13,17H,5-10H2,1-4H3. The van der Waals surface area contributed by atoms with Gasteiger partial charge in [-0.3, -0.25) is 4.90 Å². The first-order valence-corrected chi connectivity index (χ1v) is 9.03. The zero-order chi connectivity index (χ0) is 15.0. The molecule has 2 aliphatic heterocycles. The van der Waals surface area contributed by atoms with Crippen LogP contribution in [0.3, 0.4) is 0 Å². The summed E-state index contributed by atoms with van der Waals surface area (Å²) < 4.78 is 0. The number of hydrogen-bond acceptors (Lipinski definition) is 5. The molecule has 118 valence electrons. The number of nitrogens with zero attached hydrogens (tertiary/aromatic N) is 3. The zero-order valence-electron chi connectivity index (χ0n) is 13.7. The van der Waals surface area contributed by atoms with E-state index in [1.54, 1.807) is 0 Å². The maximum atomic E-state index is 4.99. The van der Waals surface area contributed by atoms with E-state index in [2.05, 4.69) is 36.0 Å². The van der Waals surface area contributed by atoms with E-state index >= 15 is 0 Å². The fraction of sp³-hybridized carbons (Fsp3) is 0.812. The molecule has 2 aliphatic rings. The van der Waals surface area contributed by atoms with E-state index < -0.39 is 0 Å². The number of rotatable bonds is 4. The number of hydrogen-bond donors (Lipinski definition) is 1. The van der Waals surface area contributed by atoms with Gasteiger partial charge in [-0.25, -0.2) is 4.98 Å². The van der Waals surface area contributed by atoms with E-state index in [4.69, 9.17) is 4.98 Å². The summed E-state index contributed by atoms with van der Waals surface area (Å²) in [5.41, 5.74) is 1.28. The van der Waals surface area contributed by atoms with Gasteiger partial charge in [0.15, 0.2) is 5.13 Å². The number of anilines is 1. The van der Waals surface area contributed by atoms with Crippen LogP contribution < -0.4 is 10.2 Å². The van der Waals surface area contributed by atoms with Crippen LogP contribution in [0, 0.1) is 0 Å². The molecule has 0 amide bonds. The van der Waals surface area contributed by atoms with Gasteiger partial charge in [0, 0.05) is 36.6 Å². The molecule has 3 heterocycles. The van der Waals surface area contributed by atoms with Crippen molar-refractivity contribution < 1.29 is 0 Å². The van der Waals surface area contributed by atoms with Gasteiger partial charge < -0.3 is 10.2 Å². The highest BCUT2D eigenvalue weighted by Gasteiger charge is 2.35. The molecule has 2 fully saturated rings. The summed E-state index contributed by atoms with van der Waals surface area (Å²) in [6.45, 7) is 7.74. The lowest BCUT2D eigenvalue weighted by atomic mass is 10.1. The molecule has 1 aromatic heterocycles. The third-order valence-corrected chi connectivity index (χ3v) is 6.15. The Balaban J connectivity index is 1.81. The van der Waals surface area contributed by atoms with Crippen LogP contribution in [-0.4, -0.2) is 49.2 Å². The van der Waals surface area contributed by atoms with Crippen LogP contribution in [0.25, 0.3) is 0 Å². The lowest BCUT2D eigenvalue weighted by Gasteiger charge is -2.25.